The van der Waals surface area contributed by atoms with Gasteiger partial charge in [0.2, 0.25) is 0 Å². The minimum Gasteiger partial charge on any atom is -0.490 e. The van der Waals surface area contributed by atoms with Crippen LogP contribution in [-0.2, 0) is 10.3 Å². The van der Waals surface area contributed by atoms with E-state index in [1.54, 1.807) is 37.3 Å². The van der Waals surface area contributed by atoms with Crippen LogP contribution >= 0.6 is 22.9 Å². The van der Waals surface area contributed by atoms with E-state index in [2.05, 4.69) is 5.32 Å². The van der Waals surface area contributed by atoms with Crippen LogP contribution in [0.2, 0.25) is 4.34 Å². The molecule has 2 aliphatic rings. The Morgan fingerprint density at radius 3 is 2.68 bits per heavy atom. The Morgan fingerprint density at radius 1 is 1.21 bits per heavy atom. The topological polar surface area (TPSA) is 84.9 Å². The quantitative estimate of drug-likeness (QED) is 0.606. The van der Waals surface area contributed by atoms with Gasteiger partial charge < -0.3 is 14.8 Å². The van der Waals surface area contributed by atoms with Gasteiger partial charge in [-0.1, -0.05) is 17.7 Å². The second-order valence-corrected chi connectivity index (χ2v) is 8.40. The van der Waals surface area contributed by atoms with E-state index in [0.29, 0.717) is 39.5 Å². The number of nitrogens with zero attached hydrogens (tertiary/aromatic N) is 1. The molecule has 2 aromatic rings. The molecule has 1 atom stereocenters. The zero-order chi connectivity index (χ0) is 19.9. The Balaban J connectivity index is 1.59. The van der Waals surface area contributed by atoms with Gasteiger partial charge in [-0.3, -0.25) is 14.5 Å². The molecule has 1 saturated heterocycles. The summed E-state index contributed by atoms with van der Waals surface area (Å²) in [6.07, 6.45) is 0.763. The van der Waals surface area contributed by atoms with Crippen molar-refractivity contribution in [1.82, 2.24) is 10.2 Å². The summed E-state index contributed by atoms with van der Waals surface area (Å²) in [6.45, 7) is 2.33. The van der Waals surface area contributed by atoms with Crippen molar-refractivity contribution in [3.8, 4) is 11.5 Å². The van der Waals surface area contributed by atoms with E-state index in [4.69, 9.17) is 21.1 Å². The zero-order valence-corrected chi connectivity index (χ0v) is 16.6. The number of amides is 3. The summed E-state index contributed by atoms with van der Waals surface area (Å²) >= 11 is 6.97. The molecule has 0 saturated carbocycles. The van der Waals surface area contributed by atoms with Gasteiger partial charge in [-0.15, -0.1) is 11.3 Å². The Labute approximate surface area is 170 Å². The fourth-order valence-corrected chi connectivity index (χ4v) is 4.17. The van der Waals surface area contributed by atoms with Crippen molar-refractivity contribution in [3.05, 3.63) is 45.1 Å². The largest absolute Gasteiger partial charge is 0.490 e. The number of carbonyl (C=O) groups excluding carboxylic acids is 3. The average molecular weight is 421 g/mol. The predicted octanol–water partition coefficient (Wildman–Crippen LogP) is 3.21. The van der Waals surface area contributed by atoms with Crippen molar-refractivity contribution in [2.75, 3.05) is 19.8 Å². The Hall–Kier alpha value is -2.58. The number of benzene rings is 1. The van der Waals surface area contributed by atoms with E-state index in [-0.39, 0.29) is 12.3 Å². The van der Waals surface area contributed by atoms with Gasteiger partial charge in [0.15, 0.2) is 17.3 Å². The normalized spacial score (nSPS) is 21.4. The summed E-state index contributed by atoms with van der Waals surface area (Å²) in [7, 11) is 0. The maximum atomic E-state index is 13.0. The Morgan fingerprint density at radius 2 is 1.96 bits per heavy atom. The lowest BCUT2D eigenvalue weighted by atomic mass is 9.91. The van der Waals surface area contributed by atoms with E-state index < -0.39 is 17.5 Å². The number of nitrogens with one attached hydrogen (secondary N) is 1. The molecule has 28 heavy (non-hydrogen) atoms. The summed E-state index contributed by atoms with van der Waals surface area (Å²) < 4.78 is 11.8. The first-order valence-electron chi connectivity index (χ1n) is 8.71. The molecule has 9 heteroatoms. The lowest BCUT2D eigenvalue weighted by Crippen LogP contribution is -2.41. The van der Waals surface area contributed by atoms with E-state index in [1.807, 2.05) is 0 Å². The molecule has 7 nitrogen and oxygen atoms in total. The van der Waals surface area contributed by atoms with Crippen LogP contribution in [0.25, 0.3) is 0 Å². The highest BCUT2D eigenvalue weighted by Gasteiger charge is 2.49. The highest BCUT2D eigenvalue weighted by molar-refractivity contribution is 7.18. The minimum absolute atomic E-state index is 0.344. The highest BCUT2D eigenvalue weighted by Crippen LogP contribution is 2.36. The Kier molecular flexibility index (Phi) is 4.76. The van der Waals surface area contributed by atoms with Gasteiger partial charge in [0.1, 0.15) is 5.54 Å². The van der Waals surface area contributed by atoms with E-state index in [9.17, 15) is 14.4 Å². The lowest BCUT2D eigenvalue weighted by molar-refractivity contribution is -0.130. The molecule has 0 aliphatic carbocycles. The molecule has 1 N–H and O–H groups in total. The van der Waals surface area contributed by atoms with Crippen LogP contribution in [0.5, 0.6) is 11.5 Å². The van der Waals surface area contributed by atoms with Crippen molar-refractivity contribution in [3.63, 3.8) is 0 Å². The zero-order valence-electron chi connectivity index (χ0n) is 15.0. The molecule has 1 aromatic carbocycles. The third-order valence-corrected chi connectivity index (χ3v) is 6.02. The summed E-state index contributed by atoms with van der Waals surface area (Å²) in [5.74, 6) is 0.288. The molecule has 0 bridgehead atoms. The molecule has 1 aromatic heterocycles. The Bertz CT molecular complexity index is 975. The first kappa shape index (κ1) is 18.8. The van der Waals surface area contributed by atoms with Gasteiger partial charge in [0.25, 0.3) is 5.91 Å². The number of imide groups is 1. The number of hydrogen-bond acceptors (Lipinski definition) is 6. The number of carbonyl (C=O) groups is 3. The SMILES string of the molecule is C[C@]1(c2ccc3c(c2)OCCCO3)NC(=O)N(CC(=O)c2ccc(Cl)s2)C1=O. The van der Waals surface area contributed by atoms with Crippen molar-refractivity contribution in [2.45, 2.75) is 18.9 Å². The number of rotatable bonds is 4. The van der Waals surface area contributed by atoms with E-state index >= 15 is 0 Å². The van der Waals surface area contributed by atoms with Gasteiger partial charge in [-0.2, -0.15) is 0 Å². The molecule has 3 amide bonds. The van der Waals surface area contributed by atoms with Crippen LogP contribution in [0.15, 0.2) is 30.3 Å². The molecule has 4 rings (SSSR count). The van der Waals surface area contributed by atoms with Gasteiger partial charge >= 0.3 is 6.03 Å². The third-order valence-electron chi connectivity index (χ3n) is 4.75. The van der Waals surface area contributed by atoms with Crippen LogP contribution in [0.4, 0.5) is 4.79 Å². The summed E-state index contributed by atoms with van der Waals surface area (Å²) in [5, 5.41) is 2.70. The molecule has 0 unspecified atom stereocenters. The van der Waals surface area contributed by atoms with Crippen molar-refractivity contribution >= 4 is 40.7 Å². The molecular weight excluding hydrogens is 404 g/mol. The van der Waals surface area contributed by atoms with Crippen LogP contribution < -0.4 is 14.8 Å². The third kappa shape index (κ3) is 3.22. The summed E-state index contributed by atoms with van der Waals surface area (Å²) in [6, 6.07) is 7.71. The number of ketones is 1. The number of Topliss-reactive ketones (excluding diaryl/α,β-unsaturated/α-hetero) is 1. The van der Waals surface area contributed by atoms with Crippen molar-refractivity contribution in [1.29, 1.82) is 0 Å². The van der Waals surface area contributed by atoms with Crippen LogP contribution in [-0.4, -0.2) is 42.4 Å². The molecule has 0 spiro atoms. The molecule has 3 heterocycles. The smallest absolute Gasteiger partial charge is 0.325 e. The van der Waals surface area contributed by atoms with Crippen molar-refractivity contribution in [2.24, 2.45) is 0 Å². The monoisotopic (exact) mass is 420 g/mol. The van der Waals surface area contributed by atoms with E-state index in [0.717, 1.165) is 22.7 Å². The molecule has 0 radical (unpaired) electrons. The maximum absolute atomic E-state index is 13.0. The van der Waals surface area contributed by atoms with Gasteiger partial charge in [-0.25, -0.2) is 4.79 Å². The summed E-state index contributed by atoms with van der Waals surface area (Å²) in [5.41, 5.74) is -0.737. The number of urea groups is 1. The van der Waals surface area contributed by atoms with Crippen LogP contribution in [0.3, 0.4) is 0 Å². The first-order valence-corrected chi connectivity index (χ1v) is 9.91. The standard InChI is InChI=1S/C19H17ClN2O5S/c1-19(11-3-4-13-14(9-11)27-8-2-7-26-13)17(24)22(18(25)21-19)10-12(23)15-5-6-16(20)28-15/h3-6,9H,2,7-8,10H2,1H3,(H,21,25)/t19-/m1/s1. The molecule has 1 fully saturated rings. The predicted molar refractivity (Wildman–Crippen MR) is 103 cm³/mol. The molecular formula is C19H17ClN2O5S. The second-order valence-electron chi connectivity index (χ2n) is 6.69. The highest BCUT2D eigenvalue weighted by atomic mass is 35.5. The number of fused-ring (bicyclic) bond motifs is 1. The fourth-order valence-electron chi connectivity index (χ4n) is 3.20. The summed E-state index contributed by atoms with van der Waals surface area (Å²) in [4.78, 5) is 39.2. The lowest BCUT2D eigenvalue weighted by Gasteiger charge is -2.23. The molecule has 146 valence electrons. The number of halogens is 1. The minimum atomic E-state index is -1.30. The first-order chi connectivity index (χ1) is 13.4. The van der Waals surface area contributed by atoms with Gasteiger partial charge in [0, 0.05) is 6.42 Å². The number of ether oxygens (including phenoxy) is 2. The van der Waals surface area contributed by atoms with Crippen LogP contribution in [0, 0.1) is 0 Å². The van der Waals surface area contributed by atoms with Gasteiger partial charge in [0.05, 0.1) is 29.0 Å². The molecule has 2 aliphatic heterocycles. The van der Waals surface area contributed by atoms with Crippen molar-refractivity contribution < 1.29 is 23.9 Å². The van der Waals surface area contributed by atoms with Gasteiger partial charge in [-0.05, 0) is 36.8 Å². The number of thiophene rings is 1. The number of hydrogen-bond donors (Lipinski definition) is 1. The van der Waals surface area contributed by atoms with E-state index in [1.165, 1.54) is 0 Å². The average Bonchev–Trinajstić information content (AvgIpc) is 3.08. The second kappa shape index (κ2) is 7.10. The maximum Gasteiger partial charge on any atom is 0.325 e. The fraction of sp³-hybridized carbons (Fsp3) is 0.316. The van der Waals surface area contributed by atoms with Crippen LogP contribution in [0.1, 0.15) is 28.6 Å².